The van der Waals surface area contributed by atoms with Crippen molar-refractivity contribution in [2.45, 2.75) is 45.3 Å². The molecule has 2 aromatic carbocycles. The molecule has 0 aliphatic heterocycles. The van der Waals surface area contributed by atoms with Crippen molar-refractivity contribution in [2.75, 3.05) is 0 Å². The van der Waals surface area contributed by atoms with Crippen LogP contribution in [-0.4, -0.2) is 21.4 Å². The van der Waals surface area contributed by atoms with Crippen molar-refractivity contribution < 1.29 is 15.3 Å². The molecular formula is C20H24O3. The average molecular weight is 312 g/mol. The lowest BCUT2D eigenvalue weighted by molar-refractivity contribution is 0.183. The second-order valence-electron chi connectivity index (χ2n) is 5.83. The Balaban J connectivity index is 2.23. The molecule has 0 radical (unpaired) electrons. The van der Waals surface area contributed by atoms with E-state index in [1.165, 1.54) is 0 Å². The summed E-state index contributed by atoms with van der Waals surface area (Å²) < 4.78 is 0. The van der Waals surface area contributed by atoms with E-state index in [-0.39, 0.29) is 11.9 Å². The zero-order valence-corrected chi connectivity index (χ0v) is 13.7. The van der Waals surface area contributed by atoms with Crippen molar-refractivity contribution in [1.29, 1.82) is 0 Å². The third kappa shape index (κ3) is 4.46. The maximum Gasteiger partial charge on any atom is 0.123 e. The first-order valence-electron chi connectivity index (χ1n) is 8.02. The van der Waals surface area contributed by atoms with Crippen LogP contribution < -0.4 is 0 Å². The summed E-state index contributed by atoms with van der Waals surface area (Å²) in [5.41, 5.74) is 5.02. The zero-order chi connectivity index (χ0) is 16.8. The van der Waals surface area contributed by atoms with Gasteiger partial charge in [-0.1, -0.05) is 37.3 Å². The molecule has 122 valence electrons. The summed E-state index contributed by atoms with van der Waals surface area (Å²) in [4.78, 5) is 0. The van der Waals surface area contributed by atoms with Gasteiger partial charge in [-0.25, -0.2) is 0 Å². The second kappa shape index (κ2) is 7.98. The Kier molecular flexibility index (Phi) is 6.00. The molecular weight excluding hydrogens is 288 g/mol. The van der Waals surface area contributed by atoms with Crippen LogP contribution in [0.25, 0.3) is 10.8 Å². The molecule has 0 saturated carbocycles. The summed E-state index contributed by atoms with van der Waals surface area (Å²) in [7, 11) is 0. The van der Waals surface area contributed by atoms with Crippen molar-refractivity contribution in [2.24, 2.45) is 0 Å². The number of hydrogen-bond acceptors (Lipinski definition) is 3. The normalized spacial score (nSPS) is 13.4. The Hall–Kier alpha value is -2.06. The van der Waals surface area contributed by atoms with Gasteiger partial charge in [0.25, 0.3) is 0 Å². The number of phenolic OH excluding ortho intramolecular Hbond substituents is 1. The Morgan fingerprint density at radius 1 is 1.13 bits per heavy atom. The van der Waals surface area contributed by atoms with Crippen molar-refractivity contribution >= 4 is 10.8 Å². The van der Waals surface area contributed by atoms with Gasteiger partial charge in [0.05, 0.1) is 12.2 Å². The highest BCUT2D eigenvalue weighted by atomic mass is 16.3. The van der Waals surface area contributed by atoms with Crippen LogP contribution in [0.2, 0.25) is 0 Å². The van der Waals surface area contributed by atoms with Crippen molar-refractivity contribution in [3.63, 3.8) is 0 Å². The summed E-state index contributed by atoms with van der Waals surface area (Å²) in [5.74, 6) is 0.220. The number of rotatable bonds is 6. The van der Waals surface area contributed by atoms with Crippen LogP contribution in [-0.2, 0) is 0 Å². The van der Waals surface area contributed by atoms with Crippen LogP contribution in [0.15, 0.2) is 53.8 Å². The molecule has 0 amide bonds. The minimum Gasteiger partial charge on any atom is -0.507 e. The van der Waals surface area contributed by atoms with E-state index in [0.29, 0.717) is 12.8 Å². The molecule has 0 unspecified atom stereocenters. The number of fused-ring (bicyclic) bond motifs is 1. The number of aliphatic hydroxyl groups is 2. The topological polar surface area (TPSA) is 60.7 Å². The molecule has 3 heteroatoms. The predicted molar refractivity (Wildman–Crippen MR) is 93.4 cm³/mol. The van der Waals surface area contributed by atoms with E-state index < -0.39 is 6.10 Å². The first-order valence-corrected chi connectivity index (χ1v) is 8.02. The first-order chi connectivity index (χ1) is 11.0. The fourth-order valence-corrected chi connectivity index (χ4v) is 2.70. The van der Waals surface area contributed by atoms with E-state index >= 15 is 0 Å². The molecule has 2 atom stereocenters. The molecule has 0 heterocycles. The van der Waals surface area contributed by atoms with E-state index in [1.807, 2.05) is 37.3 Å². The number of hydrogen-bond donors (Lipinski definition) is 3. The molecule has 0 bridgehead atoms. The second-order valence-corrected chi connectivity index (χ2v) is 5.83. The number of aromatic hydroxyl groups is 1. The van der Waals surface area contributed by atoms with Crippen LogP contribution >= 0.6 is 0 Å². The first kappa shape index (κ1) is 17.3. The van der Waals surface area contributed by atoms with Gasteiger partial charge in [0, 0.05) is 18.2 Å². The largest absolute Gasteiger partial charge is 0.507 e. The molecule has 3 nitrogen and oxygen atoms in total. The quantitative estimate of drug-likeness (QED) is 0.699. The van der Waals surface area contributed by atoms with Gasteiger partial charge in [-0.15, -0.1) is 5.73 Å². The van der Waals surface area contributed by atoms with E-state index in [4.69, 9.17) is 0 Å². The third-order valence-electron chi connectivity index (χ3n) is 3.91. The van der Waals surface area contributed by atoms with Gasteiger partial charge in [-0.3, -0.25) is 0 Å². The van der Waals surface area contributed by atoms with Crippen LogP contribution in [0, 0.1) is 0 Å². The monoisotopic (exact) mass is 312 g/mol. The standard InChI is InChI=1S/C20H24O3/c1-3-15(13-14(2)21)7-6-10-19(22)18-11-12-20(23)17-9-5-4-8-16(17)18/h4-6,8-9,11-12,14,19,21-23H,3,10,13H2,1-2H3/t7?,14-,19+/m0/s1. The van der Waals surface area contributed by atoms with E-state index in [0.717, 1.165) is 28.3 Å². The number of benzene rings is 2. The highest BCUT2D eigenvalue weighted by Gasteiger charge is 2.11. The fourth-order valence-electron chi connectivity index (χ4n) is 2.70. The summed E-state index contributed by atoms with van der Waals surface area (Å²) >= 11 is 0. The van der Waals surface area contributed by atoms with Crippen LogP contribution in [0.3, 0.4) is 0 Å². The smallest absolute Gasteiger partial charge is 0.123 e. The number of aliphatic hydroxyl groups excluding tert-OH is 2. The molecule has 2 aromatic rings. The molecule has 0 saturated heterocycles. The van der Waals surface area contributed by atoms with E-state index in [9.17, 15) is 15.3 Å². The molecule has 3 N–H and O–H groups in total. The lowest BCUT2D eigenvalue weighted by Gasteiger charge is -2.12. The highest BCUT2D eigenvalue weighted by molar-refractivity contribution is 5.91. The summed E-state index contributed by atoms with van der Waals surface area (Å²) in [6.07, 6.45) is 2.67. The zero-order valence-electron chi connectivity index (χ0n) is 13.7. The SMILES string of the molecule is CCC(=C=CC[C@@H](O)c1ccc(O)c2ccccc12)C[C@H](C)O. The molecule has 0 aliphatic rings. The summed E-state index contributed by atoms with van der Waals surface area (Å²) in [6.45, 7) is 3.79. The maximum atomic E-state index is 10.5. The Bertz CT molecular complexity index is 725. The van der Waals surface area contributed by atoms with Gasteiger partial charge >= 0.3 is 0 Å². The van der Waals surface area contributed by atoms with Gasteiger partial charge in [-0.2, -0.15) is 0 Å². The maximum absolute atomic E-state index is 10.5. The lowest BCUT2D eigenvalue weighted by Crippen LogP contribution is -2.00. The van der Waals surface area contributed by atoms with Crippen LogP contribution in [0.1, 0.15) is 44.8 Å². The third-order valence-corrected chi connectivity index (χ3v) is 3.91. The van der Waals surface area contributed by atoms with Crippen LogP contribution in [0.5, 0.6) is 5.75 Å². The Morgan fingerprint density at radius 3 is 2.48 bits per heavy atom. The molecule has 23 heavy (non-hydrogen) atoms. The highest BCUT2D eigenvalue weighted by Crippen LogP contribution is 2.32. The molecule has 0 aromatic heterocycles. The minimum atomic E-state index is -0.655. The van der Waals surface area contributed by atoms with Gasteiger partial charge in [0.1, 0.15) is 5.75 Å². The fraction of sp³-hybridized carbons (Fsp3) is 0.350. The minimum absolute atomic E-state index is 0.220. The van der Waals surface area contributed by atoms with Gasteiger partial charge in [0.15, 0.2) is 0 Å². The summed E-state index contributed by atoms with van der Waals surface area (Å²) in [5, 5.41) is 31.4. The van der Waals surface area contributed by atoms with Gasteiger partial charge in [0.2, 0.25) is 0 Å². The average Bonchev–Trinajstić information content (AvgIpc) is 2.54. The lowest BCUT2D eigenvalue weighted by atomic mass is 9.98. The van der Waals surface area contributed by atoms with E-state index in [1.54, 1.807) is 19.1 Å². The van der Waals surface area contributed by atoms with Crippen molar-refractivity contribution in [3.05, 3.63) is 59.3 Å². The molecule has 0 spiro atoms. The molecule has 2 rings (SSSR count). The molecule has 0 aliphatic carbocycles. The Labute approximate surface area is 137 Å². The van der Waals surface area contributed by atoms with E-state index in [2.05, 4.69) is 5.73 Å². The molecule has 0 fully saturated rings. The van der Waals surface area contributed by atoms with Gasteiger partial charge in [-0.05, 0) is 42.0 Å². The summed E-state index contributed by atoms with van der Waals surface area (Å²) in [6, 6.07) is 10.9. The van der Waals surface area contributed by atoms with Gasteiger partial charge < -0.3 is 15.3 Å². The Morgan fingerprint density at radius 2 is 1.83 bits per heavy atom. The van der Waals surface area contributed by atoms with Crippen LogP contribution in [0.4, 0.5) is 0 Å². The number of phenols is 1. The van der Waals surface area contributed by atoms with Crippen molar-refractivity contribution in [1.82, 2.24) is 0 Å². The predicted octanol–water partition coefficient (Wildman–Crippen LogP) is 4.23. The van der Waals surface area contributed by atoms with Crippen molar-refractivity contribution in [3.8, 4) is 5.75 Å².